The maximum atomic E-state index is 4.36. The van der Waals surface area contributed by atoms with Gasteiger partial charge in [0.15, 0.2) is 0 Å². The van der Waals surface area contributed by atoms with Crippen molar-refractivity contribution in [2.24, 2.45) is 12.5 Å². The van der Waals surface area contributed by atoms with Gasteiger partial charge in [0.25, 0.3) is 0 Å². The van der Waals surface area contributed by atoms with Crippen LogP contribution in [0.2, 0.25) is 0 Å². The average Bonchev–Trinajstić information content (AvgIpc) is 2.86. The SMILES string of the molecule is Cc1nn(C)cc1-c1ccc(NC2CC3(CCNCC3)C2)nn1.Cl.Cl. The lowest BCUT2D eigenvalue weighted by atomic mass is 9.60. The minimum absolute atomic E-state index is 0. The van der Waals surface area contributed by atoms with E-state index in [9.17, 15) is 0 Å². The summed E-state index contributed by atoms with van der Waals surface area (Å²) in [7, 11) is 1.92. The number of nitrogens with one attached hydrogen (secondary N) is 2. The van der Waals surface area contributed by atoms with E-state index >= 15 is 0 Å². The van der Waals surface area contributed by atoms with Gasteiger partial charge >= 0.3 is 0 Å². The molecule has 0 aromatic carbocycles. The van der Waals surface area contributed by atoms with E-state index in [1.54, 1.807) is 0 Å². The lowest BCUT2D eigenvalue weighted by Crippen LogP contribution is -2.50. The number of rotatable bonds is 3. The Morgan fingerprint density at radius 2 is 1.88 bits per heavy atom. The molecule has 2 fully saturated rings. The van der Waals surface area contributed by atoms with Crippen LogP contribution in [0.25, 0.3) is 11.3 Å². The van der Waals surface area contributed by atoms with Crippen molar-refractivity contribution in [1.82, 2.24) is 25.3 Å². The van der Waals surface area contributed by atoms with Crippen LogP contribution in [0, 0.1) is 12.3 Å². The summed E-state index contributed by atoms with van der Waals surface area (Å²) in [6, 6.07) is 4.61. The van der Waals surface area contributed by atoms with Crippen molar-refractivity contribution in [3.8, 4) is 11.3 Å². The van der Waals surface area contributed by atoms with Crippen LogP contribution in [-0.2, 0) is 7.05 Å². The van der Waals surface area contributed by atoms with Crippen LogP contribution in [-0.4, -0.2) is 39.1 Å². The number of hydrogen-bond acceptors (Lipinski definition) is 5. The van der Waals surface area contributed by atoms with Crippen LogP contribution < -0.4 is 10.6 Å². The summed E-state index contributed by atoms with van der Waals surface area (Å²) in [6.45, 7) is 4.34. The second-order valence-electron chi connectivity index (χ2n) is 7.11. The van der Waals surface area contributed by atoms with Crippen molar-refractivity contribution in [3.63, 3.8) is 0 Å². The number of aromatic nitrogens is 4. The van der Waals surface area contributed by atoms with Crippen molar-refractivity contribution < 1.29 is 0 Å². The minimum Gasteiger partial charge on any atom is -0.366 e. The third-order valence-corrected chi connectivity index (χ3v) is 5.33. The topological polar surface area (TPSA) is 67.7 Å². The highest BCUT2D eigenvalue weighted by atomic mass is 35.5. The Hall–Kier alpha value is -1.37. The molecule has 0 amide bonds. The molecule has 0 radical (unpaired) electrons. The normalized spacial score (nSPS) is 18.8. The molecule has 2 N–H and O–H groups in total. The molecule has 8 heteroatoms. The standard InChI is InChI=1S/C17H24N6.2ClH/c1-12-14(11-23(2)22-12)15-3-4-16(21-20-15)19-13-9-17(10-13)5-7-18-8-6-17;;/h3-4,11,13,18H,5-10H2,1-2H3,(H,19,21);2*1H. The number of nitrogens with zero attached hydrogens (tertiary/aromatic N) is 4. The molecule has 2 aliphatic rings. The third-order valence-electron chi connectivity index (χ3n) is 5.33. The molecular formula is C17H26Cl2N6. The van der Waals surface area contributed by atoms with Crippen LogP contribution in [0.5, 0.6) is 0 Å². The molecule has 2 aromatic rings. The van der Waals surface area contributed by atoms with E-state index in [4.69, 9.17) is 0 Å². The smallest absolute Gasteiger partial charge is 0.148 e. The Balaban J connectivity index is 0.00000113. The van der Waals surface area contributed by atoms with Crippen LogP contribution in [0.1, 0.15) is 31.4 Å². The molecule has 25 heavy (non-hydrogen) atoms. The summed E-state index contributed by atoms with van der Waals surface area (Å²) in [5.41, 5.74) is 3.49. The van der Waals surface area contributed by atoms with E-state index in [0.717, 1.165) is 22.8 Å². The van der Waals surface area contributed by atoms with Crippen molar-refractivity contribution >= 4 is 30.6 Å². The zero-order valence-corrected chi connectivity index (χ0v) is 16.3. The highest BCUT2D eigenvalue weighted by Crippen LogP contribution is 2.48. The van der Waals surface area contributed by atoms with E-state index < -0.39 is 0 Å². The Morgan fingerprint density at radius 1 is 1.16 bits per heavy atom. The zero-order valence-electron chi connectivity index (χ0n) is 14.7. The monoisotopic (exact) mass is 384 g/mol. The van der Waals surface area contributed by atoms with Gasteiger partial charge in [-0.05, 0) is 63.2 Å². The molecule has 0 bridgehead atoms. The first kappa shape index (κ1) is 19.9. The molecule has 1 aliphatic carbocycles. The summed E-state index contributed by atoms with van der Waals surface area (Å²) in [5, 5.41) is 20.1. The molecule has 1 saturated heterocycles. The highest BCUT2D eigenvalue weighted by molar-refractivity contribution is 5.85. The Morgan fingerprint density at radius 3 is 2.44 bits per heavy atom. The predicted octanol–water partition coefficient (Wildman–Crippen LogP) is 2.97. The van der Waals surface area contributed by atoms with Gasteiger partial charge in [-0.3, -0.25) is 4.68 Å². The van der Waals surface area contributed by atoms with Gasteiger partial charge in [0, 0.05) is 24.8 Å². The zero-order chi connectivity index (χ0) is 15.9. The second kappa shape index (κ2) is 7.89. The first-order valence-electron chi connectivity index (χ1n) is 8.45. The second-order valence-corrected chi connectivity index (χ2v) is 7.11. The largest absolute Gasteiger partial charge is 0.366 e. The Kier molecular flexibility index (Phi) is 6.30. The van der Waals surface area contributed by atoms with Gasteiger partial charge in [0.05, 0.1) is 11.4 Å². The summed E-state index contributed by atoms with van der Waals surface area (Å²) in [4.78, 5) is 0. The van der Waals surface area contributed by atoms with E-state index in [1.807, 2.05) is 37.0 Å². The van der Waals surface area contributed by atoms with E-state index in [1.165, 1.54) is 38.8 Å². The highest BCUT2D eigenvalue weighted by Gasteiger charge is 2.44. The van der Waals surface area contributed by atoms with Gasteiger partial charge in [0.1, 0.15) is 5.82 Å². The van der Waals surface area contributed by atoms with Crippen LogP contribution in [0.15, 0.2) is 18.3 Å². The molecule has 138 valence electrons. The van der Waals surface area contributed by atoms with Gasteiger partial charge in [-0.15, -0.1) is 35.0 Å². The maximum Gasteiger partial charge on any atom is 0.148 e. The molecule has 1 aliphatic heterocycles. The first-order chi connectivity index (χ1) is 11.1. The minimum atomic E-state index is 0. The Labute approximate surface area is 161 Å². The lowest BCUT2D eigenvalue weighted by Gasteiger charge is -2.50. The molecule has 0 atom stereocenters. The van der Waals surface area contributed by atoms with E-state index in [2.05, 4.69) is 25.9 Å². The van der Waals surface area contributed by atoms with E-state index in [-0.39, 0.29) is 24.8 Å². The van der Waals surface area contributed by atoms with Gasteiger partial charge in [0.2, 0.25) is 0 Å². The molecule has 1 spiro atoms. The van der Waals surface area contributed by atoms with Gasteiger partial charge in [-0.2, -0.15) is 5.10 Å². The summed E-state index contributed by atoms with van der Waals surface area (Å²) < 4.78 is 1.81. The lowest BCUT2D eigenvalue weighted by molar-refractivity contribution is 0.0717. The van der Waals surface area contributed by atoms with Crippen molar-refractivity contribution in [2.75, 3.05) is 18.4 Å². The van der Waals surface area contributed by atoms with E-state index in [0.29, 0.717) is 11.5 Å². The maximum absolute atomic E-state index is 4.36. The van der Waals surface area contributed by atoms with Crippen LogP contribution in [0.3, 0.4) is 0 Å². The summed E-state index contributed by atoms with van der Waals surface area (Å²) in [5.74, 6) is 0.879. The predicted molar refractivity (Wildman–Crippen MR) is 105 cm³/mol. The molecular weight excluding hydrogens is 359 g/mol. The number of hydrogen-bond donors (Lipinski definition) is 2. The summed E-state index contributed by atoms with van der Waals surface area (Å²) >= 11 is 0. The molecule has 2 aromatic heterocycles. The molecule has 0 unspecified atom stereocenters. The third kappa shape index (κ3) is 4.07. The van der Waals surface area contributed by atoms with Crippen molar-refractivity contribution in [1.29, 1.82) is 0 Å². The van der Waals surface area contributed by atoms with Crippen LogP contribution >= 0.6 is 24.8 Å². The fourth-order valence-corrected chi connectivity index (χ4v) is 4.07. The number of aryl methyl sites for hydroxylation is 2. The molecule has 6 nitrogen and oxygen atoms in total. The molecule has 4 rings (SSSR count). The van der Waals surface area contributed by atoms with Crippen molar-refractivity contribution in [2.45, 2.75) is 38.6 Å². The van der Waals surface area contributed by atoms with Gasteiger partial charge < -0.3 is 10.6 Å². The molecule has 1 saturated carbocycles. The summed E-state index contributed by atoms with van der Waals surface area (Å²) in [6.07, 6.45) is 7.14. The number of anilines is 1. The first-order valence-corrected chi connectivity index (χ1v) is 8.45. The van der Waals surface area contributed by atoms with Gasteiger partial charge in [-0.1, -0.05) is 0 Å². The van der Waals surface area contributed by atoms with Crippen LogP contribution in [0.4, 0.5) is 5.82 Å². The van der Waals surface area contributed by atoms with Crippen molar-refractivity contribution in [3.05, 3.63) is 24.0 Å². The fraction of sp³-hybridized carbons (Fsp3) is 0.588. The molecule has 3 heterocycles. The Bertz CT molecular complexity index is 686. The average molecular weight is 385 g/mol. The fourth-order valence-electron chi connectivity index (χ4n) is 4.07. The quantitative estimate of drug-likeness (QED) is 0.850. The number of halogens is 2. The number of piperidine rings is 1. The van der Waals surface area contributed by atoms with Gasteiger partial charge in [-0.25, -0.2) is 0 Å².